The predicted octanol–water partition coefficient (Wildman–Crippen LogP) is -6.09. The molecule has 1 aliphatic rings. The maximum Gasteiger partial charge on any atom is 0.303 e. The van der Waals surface area contributed by atoms with Crippen LogP contribution in [0.25, 0.3) is 0 Å². The van der Waals surface area contributed by atoms with E-state index in [0.717, 1.165) is 18.7 Å². The Balaban J connectivity index is 1.85. The molecule has 0 saturated carbocycles. The van der Waals surface area contributed by atoms with E-state index in [1.165, 1.54) is 56.4 Å². The predicted molar refractivity (Wildman–Crippen MR) is 428 cm³/mol. The molecule has 670 valence electrons. The smallest absolute Gasteiger partial charge is 0.303 e. The number of benzene rings is 1. The third-order valence-electron chi connectivity index (χ3n) is 18.7. The number of hydrogen-bond donors (Lipinski definition) is 23. The average molecular weight is 1710 g/mol. The number of hydrogen-bond acceptors (Lipinski definition) is 26. The molecular formula is C76H118N22O23. The Morgan fingerprint density at radius 3 is 1.49 bits per heavy atom. The number of primary amides is 3. The summed E-state index contributed by atoms with van der Waals surface area (Å²) in [4.78, 5) is 260. The monoisotopic (exact) mass is 1710 g/mol. The molecule has 45 nitrogen and oxygen atoms in total. The van der Waals surface area contributed by atoms with Crippen LogP contribution in [0, 0.1) is 23.3 Å². The lowest BCUT2D eigenvalue weighted by Crippen LogP contribution is -2.62. The fourth-order valence-electron chi connectivity index (χ4n) is 12.4. The number of phenolic OH excluding ortho intramolecular Hbond substituents is 1. The van der Waals surface area contributed by atoms with Crippen LogP contribution in [0.15, 0.2) is 47.7 Å². The lowest BCUT2D eigenvalue weighted by molar-refractivity contribution is -0.143. The number of nitrogens with two attached hydrogens (primary N) is 4. The summed E-state index contributed by atoms with van der Waals surface area (Å²) in [5.74, 6) is -20.4. The van der Waals surface area contributed by atoms with Crippen LogP contribution in [0.3, 0.4) is 0 Å². The number of aliphatic carboxylic acids is 1. The zero-order valence-corrected chi connectivity index (χ0v) is 69.0. The Labute approximate surface area is 698 Å². The molecule has 1 fully saturated rings. The fourth-order valence-corrected chi connectivity index (χ4v) is 12.4. The van der Waals surface area contributed by atoms with Crippen molar-refractivity contribution in [1.82, 2.24) is 84.3 Å². The van der Waals surface area contributed by atoms with Gasteiger partial charge in [-0.3, -0.25) is 91.1 Å². The fraction of sp³-hybridized carbons (Fsp3) is 0.605. The number of nitrogens with one attached hydrogen (secondary N) is 15. The first kappa shape index (κ1) is 103. The molecule has 0 spiro atoms. The summed E-state index contributed by atoms with van der Waals surface area (Å²) < 4.78 is 0. The van der Waals surface area contributed by atoms with Gasteiger partial charge >= 0.3 is 5.97 Å². The molecule has 1 aromatic carbocycles. The highest BCUT2D eigenvalue weighted by molar-refractivity contribution is 6.01. The normalized spacial score (nSPS) is 15.3. The van der Waals surface area contributed by atoms with Gasteiger partial charge in [-0.2, -0.15) is 0 Å². The van der Waals surface area contributed by atoms with Crippen molar-refractivity contribution in [2.24, 2.45) is 45.8 Å². The number of unbranched alkanes of at least 4 members (excludes halogenated alkanes) is 1. The minimum absolute atomic E-state index is 0.0135. The van der Waals surface area contributed by atoms with Crippen LogP contribution in [0.5, 0.6) is 5.75 Å². The van der Waals surface area contributed by atoms with E-state index in [1.54, 1.807) is 27.7 Å². The van der Waals surface area contributed by atoms with Gasteiger partial charge in [-0.1, -0.05) is 53.7 Å². The van der Waals surface area contributed by atoms with Gasteiger partial charge in [-0.15, -0.1) is 5.11 Å². The van der Waals surface area contributed by atoms with Crippen LogP contribution < -0.4 is 97.4 Å². The Kier molecular flexibility index (Phi) is 44.6. The highest BCUT2D eigenvalue weighted by Crippen LogP contribution is 2.22. The first-order chi connectivity index (χ1) is 57.0. The number of aromatic nitrogens is 1. The molecule has 1 saturated heterocycles. The number of phenols is 1. The number of carboxylic acid groups (broad SMARTS) is 1. The molecule has 0 radical (unpaired) electrons. The lowest BCUT2D eigenvalue weighted by Gasteiger charge is -2.31. The third-order valence-corrected chi connectivity index (χ3v) is 18.7. The number of aliphatic hydroxyl groups excluding tert-OH is 2. The molecule has 18 amide bonds. The van der Waals surface area contributed by atoms with Crippen LogP contribution in [-0.4, -0.2) is 261 Å². The standard InChI is InChI=1S/C76H118N22O23/c1-38(2)31-50(69(114)87-46(13-9-10-27-77)65(110)85-36-60(106)82-28-12-29-83-64(109)44-17-25-59(97-81)84-35-44)91-70(115)51(32-39(3)4)93-75(120)63(41(7)100)96-72(117)52(33-43-15-18-45(102)19-16-43)92-73(118)55-14-11-30-98(55)76(121)54(37-99)94-74(119)62(40(5)6)95-68(113)48(21-24-57(79)104)88-67(112)49(22-26-61(107)108)89-66(111)47(20-23-56(78)103)90-71(116)53(34-58(80)105)86-42(8)101/h15-19,25,35,38-41,46-55,62-63,81,99-100,102H,9-14,20-24,26-34,36-37,77H2,1-8H3,(H2,78,103)(H2,79,104)(H2,80,105)(H,82,106)(H,83,109)(H,85,110)(H,86,101)(H,87,114)(H,88,112)(H,89,111)(H,90,116)(H,91,115)(H,92,118)(H,93,120)(H,94,119)(H,95,113)(H,96,117)(H,107,108)/t41-,46+,47+,48+,49+,50+,51+,52+,53+,54+,55+,62+,63+/m1/s1. The second-order valence-corrected chi connectivity index (χ2v) is 30.3. The highest BCUT2D eigenvalue weighted by atomic mass is 16.4. The van der Waals surface area contributed by atoms with Gasteiger partial charge in [0.2, 0.25) is 100 Å². The molecular weight excluding hydrogens is 1590 g/mol. The van der Waals surface area contributed by atoms with Crippen LogP contribution in [0.1, 0.15) is 168 Å². The number of carboxylic acids is 1. The van der Waals surface area contributed by atoms with E-state index in [-0.39, 0.29) is 93.7 Å². The summed E-state index contributed by atoms with van der Waals surface area (Å²) in [6.07, 6.45) is -4.17. The second kappa shape index (κ2) is 52.5. The Bertz CT molecular complexity index is 3930. The van der Waals surface area contributed by atoms with Gasteiger partial charge in [0.1, 0.15) is 78.3 Å². The zero-order valence-electron chi connectivity index (χ0n) is 69.0. The van der Waals surface area contributed by atoms with Gasteiger partial charge in [-0.05, 0) is 132 Å². The van der Waals surface area contributed by atoms with Crippen molar-refractivity contribution in [3.05, 3.63) is 53.7 Å². The third kappa shape index (κ3) is 37.6. The molecule has 13 atom stereocenters. The van der Waals surface area contributed by atoms with Crippen LogP contribution in [0.4, 0.5) is 5.82 Å². The van der Waals surface area contributed by atoms with Crippen molar-refractivity contribution in [3.63, 3.8) is 0 Å². The van der Waals surface area contributed by atoms with E-state index < -0.39 is 255 Å². The van der Waals surface area contributed by atoms with E-state index in [0.29, 0.717) is 24.8 Å². The maximum atomic E-state index is 14.7. The van der Waals surface area contributed by atoms with Crippen molar-refractivity contribution in [1.29, 1.82) is 5.53 Å². The molecule has 3 rings (SSSR count). The van der Waals surface area contributed by atoms with E-state index >= 15 is 0 Å². The van der Waals surface area contributed by atoms with Gasteiger partial charge in [0.05, 0.1) is 31.2 Å². The van der Waals surface area contributed by atoms with Crippen molar-refractivity contribution in [2.45, 2.75) is 237 Å². The van der Waals surface area contributed by atoms with Gasteiger partial charge in [0.15, 0.2) is 5.82 Å². The Hall–Kier alpha value is -12.4. The second-order valence-electron chi connectivity index (χ2n) is 30.3. The number of rotatable bonds is 55. The van der Waals surface area contributed by atoms with Crippen LogP contribution in [-0.2, 0) is 92.7 Å². The summed E-state index contributed by atoms with van der Waals surface area (Å²) in [6.45, 7) is 10.8. The number of nitrogens with zero attached hydrogens (tertiary/aromatic N) is 3. The SMILES string of the molecule is CC(=O)N[C@@H](CC(N)=O)C(=O)N[C@@H](CCC(N)=O)C(=O)N[C@@H](CCC(=O)O)C(=O)N[C@@H](CCC(N)=O)C(=O)N[C@H](C(=O)N[C@@H](CO)C(=O)N1CCC[C@H]1C(=O)N[C@@H](Cc1ccc(O)cc1)C(=O)N[C@H](C(=O)N[C@@H](CC(C)C)C(=O)N[C@@H](CC(C)C)C(=O)N[C@@H](CCCCN)C(=O)NCC(=O)NCCCNC(=O)c1ccc(N=N)nc1)[C@@H](C)O)C(C)C. The molecule has 1 aromatic heterocycles. The Morgan fingerprint density at radius 1 is 0.529 bits per heavy atom. The van der Waals surface area contributed by atoms with Crippen LogP contribution >= 0.6 is 0 Å². The lowest BCUT2D eigenvalue weighted by atomic mass is 9.99. The molecule has 121 heavy (non-hydrogen) atoms. The van der Waals surface area contributed by atoms with Crippen LogP contribution in [0.2, 0.25) is 0 Å². The number of carbonyl (C=O) groups is 19. The number of carbonyl (C=O) groups excluding carboxylic acids is 18. The quantitative estimate of drug-likeness (QED) is 0.0216. The number of likely N-dealkylation sites (tertiary alicyclic amines) is 1. The topological polar surface area (TPSA) is 730 Å². The van der Waals surface area contributed by atoms with E-state index in [9.17, 15) is 112 Å². The number of amides is 18. The van der Waals surface area contributed by atoms with Crippen molar-refractivity contribution >= 4 is 118 Å². The molecule has 45 heteroatoms. The van der Waals surface area contributed by atoms with Gasteiger partial charge in [0.25, 0.3) is 5.91 Å². The number of aliphatic hydroxyl groups is 2. The van der Waals surface area contributed by atoms with Gasteiger partial charge in [0, 0.05) is 58.4 Å². The number of pyridine rings is 1. The first-order valence-electron chi connectivity index (χ1n) is 39.6. The summed E-state index contributed by atoms with van der Waals surface area (Å²) >= 11 is 0. The summed E-state index contributed by atoms with van der Waals surface area (Å²) in [5.41, 5.74) is 29.3. The molecule has 0 bridgehead atoms. The highest BCUT2D eigenvalue weighted by Gasteiger charge is 2.42. The largest absolute Gasteiger partial charge is 0.508 e. The molecule has 0 aliphatic carbocycles. The molecule has 1 aliphatic heterocycles. The molecule has 27 N–H and O–H groups in total. The molecule has 2 heterocycles. The summed E-state index contributed by atoms with van der Waals surface area (Å²) in [7, 11) is 0. The maximum absolute atomic E-state index is 14.7. The molecule has 2 aromatic rings. The molecule has 0 unspecified atom stereocenters. The van der Waals surface area contributed by atoms with Crippen molar-refractivity contribution < 1.29 is 112 Å². The summed E-state index contributed by atoms with van der Waals surface area (Å²) in [6, 6.07) is -11.3. The Morgan fingerprint density at radius 2 is 1.01 bits per heavy atom. The summed E-state index contributed by atoms with van der Waals surface area (Å²) in [5, 5.41) is 79.4. The van der Waals surface area contributed by atoms with Crippen molar-refractivity contribution in [3.8, 4) is 5.75 Å². The van der Waals surface area contributed by atoms with Crippen molar-refractivity contribution in [2.75, 3.05) is 39.3 Å². The van der Waals surface area contributed by atoms with Gasteiger partial charge < -0.3 is 123 Å². The average Bonchev–Trinajstić information content (AvgIpc) is 1.89. The minimum atomic E-state index is -1.88. The zero-order chi connectivity index (χ0) is 90.9. The van der Waals surface area contributed by atoms with E-state index in [2.05, 4.69) is 84.5 Å². The first-order valence-corrected chi connectivity index (χ1v) is 39.6. The minimum Gasteiger partial charge on any atom is -0.508 e. The van der Waals surface area contributed by atoms with Gasteiger partial charge in [-0.25, -0.2) is 10.5 Å². The number of aromatic hydroxyl groups is 1. The van der Waals surface area contributed by atoms with E-state index in [4.69, 9.17) is 28.5 Å². The van der Waals surface area contributed by atoms with E-state index in [1.807, 2.05) is 0 Å².